The van der Waals surface area contributed by atoms with Crippen LogP contribution in [-0.2, 0) is 0 Å². The lowest BCUT2D eigenvalue weighted by molar-refractivity contribution is 0.590. The Hall–Kier alpha value is -0.860. The molecule has 0 bridgehead atoms. The number of hydrogen-bond donors (Lipinski definition) is 2. The van der Waals surface area contributed by atoms with Crippen LogP contribution in [0.5, 0.6) is 0 Å². The molecule has 0 amide bonds. The van der Waals surface area contributed by atoms with Gasteiger partial charge in [-0.3, -0.25) is 0 Å². The van der Waals surface area contributed by atoms with Crippen molar-refractivity contribution in [1.29, 1.82) is 0 Å². The van der Waals surface area contributed by atoms with Gasteiger partial charge >= 0.3 is 0 Å². The smallest absolute Gasteiger partial charge is 0.0197 e. The first-order valence-corrected chi connectivity index (χ1v) is 4.83. The molecule has 1 saturated carbocycles. The zero-order chi connectivity index (χ0) is 9.26. The molecule has 2 nitrogen and oxygen atoms in total. The fraction of sp³-hybridized carbons (Fsp3) is 0.455. The molecule has 0 aromatic heterocycles. The lowest BCUT2D eigenvalue weighted by Gasteiger charge is -2.07. The third kappa shape index (κ3) is 1.74. The molecule has 0 heterocycles. The van der Waals surface area contributed by atoms with Gasteiger partial charge in [-0.15, -0.1) is 0 Å². The van der Waals surface area contributed by atoms with Gasteiger partial charge in [0.15, 0.2) is 0 Å². The van der Waals surface area contributed by atoms with Crippen molar-refractivity contribution in [2.75, 3.05) is 6.54 Å². The van der Waals surface area contributed by atoms with E-state index in [1.807, 2.05) is 6.07 Å². The summed E-state index contributed by atoms with van der Waals surface area (Å²) in [5, 5.41) is 0. The number of nitrogens with two attached hydrogens (primary N) is 2. The predicted octanol–water partition coefficient (Wildman–Crippen LogP) is 1.08. The molecule has 2 rings (SSSR count). The summed E-state index contributed by atoms with van der Waals surface area (Å²) in [6.07, 6.45) is 1.21. The monoisotopic (exact) mass is 176 g/mol. The molecule has 0 saturated heterocycles. The van der Waals surface area contributed by atoms with Crippen LogP contribution < -0.4 is 11.5 Å². The average molecular weight is 176 g/mol. The maximum absolute atomic E-state index is 5.88. The minimum absolute atomic E-state index is 0.185. The summed E-state index contributed by atoms with van der Waals surface area (Å²) in [7, 11) is 0. The molecule has 1 aromatic carbocycles. The number of rotatable bonds is 3. The molecule has 0 aliphatic heterocycles. The van der Waals surface area contributed by atoms with Crippen molar-refractivity contribution >= 4 is 0 Å². The van der Waals surface area contributed by atoms with Gasteiger partial charge in [-0.05, 0) is 23.8 Å². The standard InChI is InChI=1S/C11H16N2/c12-7-11(13)10-6-9(10)8-4-2-1-3-5-8/h1-5,9-11H,6-7,12-13H2. The van der Waals surface area contributed by atoms with Crippen LogP contribution in [0.3, 0.4) is 0 Å². The second-order valence-electron chi connectivity index (χ2n) is 3.82. The fourth-order valence-electron chi connectivity index (χ4n) is 1.95. The maximum atomic E-state index is 5.88. The van der Waals surface area contributed by atoms with Crippen molar-refractivity contribution in [2.24, 2.45) is 17.4 Å². The van der Waals surface area contributed by atoms with Gasteiger partial charge in [0.1, 0.15) is 0 Å². The maximum Gasteiger partial charge on any atom is 0.0197 e. The molecular formula is C11H16N2. The highest BCUT2D eigenvalue weighted by molar-refractivity contribution is 5.26. The van der Waals surface area contributed by atoms with Crippen LogP contribution in [-0.4, -0.2) is 12.6 Å². The summed E-state index contributed by atoms with van der Waals surface area (Å²) in [5.74, 6) is 1.28. The van der Waals surface area contributed by atoms with E-state index in [0.717, 1.165) is 0 Å². The third-order valence-corrected chi connectivity index (χ3v) is 2.89. The van der Waals surface area contributed by atoms with Gasteiger partial charge in [-0.2, -0.15) is 0 Å². The van der Waals surface area contributed by atoms with Gasteiger partial charge < -0.3 is 11.5 Å². The Labute approximate surface area is 78.9 Å². The van der Waals surface area contributed by atoms with Crippen LogP contribution in [0.4, 0.5) is 0 Å². The molecule has 13 heavy (non-hydrogen) atoms. The first kappa shape index (κ1) is 8.73. The highest BCUT2D eigenvalue weighted by Gasteiger charge is 2.41. The Morgan fingerprint density at radius 1 is 1.31 bits per heavy atom. The van der Waals surface area contributed by atoms with E-state index in [4.69, 9.17) is 11.5 Å². The summed E-state index contributed by atoms with van der Waals surface area (Å²) in [4.78, 5) is 0. The normalized spacial score (nSPS) is 28.5. The highest BCUT2D eigenvalue weighted by atomic mass is 14.8. The Bertz CT molecular complexity index is 271. The predicted molar refractivity (Wildman–Crippen MR) is 54.3 cm³/mol. The molecule has 1 aliphatic carbocycles. The Kier molecular flexibility index (Phi) is 2.34. The van der Waals surface area contributed by atoms with Crippen molar-refractivity contribution in [1.82, 2.24) is 0 Å². The van der Waals surface area contributed by atoms with Crippen molar-refractivity contribution in [2.45, 2.75) is 18.4 Å². The number of benzene rings is 1. The lowest BCUT2D eigenvalue weighted by Crippen LogP contribution is -2.32. The SMILES string of the molecule is NCC(N)C1CC1c1ccccc1. The van der Waals surface area contributed by atoms with Gasteiger partial charge in [0.05, 0.1) is 0 Å². The van der Waals surface area contributed by atoms with Crippen molar-refractivity contribution < 1.29 is 0 Å². The van der Waals surface area contributed by atoms with Crippen LogP contribution in [0.1, 0.15) is 17.9 Å². The van der Waals surface area contributed by atoms with Crippen molar-refractivity contribution in [3.05, 3.63) is 35.9 Å². The second kappa shape index (κ2) is 3.48. The Morgan fingerprint density at radius 2 is 2.00 bits per heavy atom. The van der Waals surface area contributed by atoms with E-state index in [-0.39, 0.29) is 6.04 Å². The van der Waals surface area contributed by atoms with E-state index in [1.165, 1.54) is 12.0 Å². The quantitative estimate of drug-likeness (QED) is 0.724. The summed E-state index contributed by atoms with van der Waals surface area (Å²) < 4.78 is 0. The van der Waals surface area contributed by atoms with Gasteiger partial charge in [0.2, 0.25) is 0 Å². The number of hydrogen-bond acceptors (Lipinski definition) is 2. The van der Waals surface area contributed by atoms with E-state index in [1.54, 1.807) is 0 Å². The summed E-state index contributed by atoms with van der Waals surface area (Å²) in [6, 6.07) is 10.7. The van der Waals surface area contributed by atoms with E-state index in [0.29, 0.717) is 18.4 Å². The van der Waals surface area contributed by atoms with Gasteiger partial charge in [-0.1, -0.05) is 30.3 Å². The molecule has 4 N–H and O–H groups in total. The van der Waals surface area contributed by atoms with Gasteiger partial charge in [-0.25, -0.2) is 0 Å². The van der Waals surface area contributed by atoms with E-state index in [2.05, 4.69) is 24.3 Å². The molecule has 70 valence electrons. The first-order valence-electron chi connectivity index (χ1n) is 4.83. The molecule has 0 radical (unpaired) electrons. The first-order chi connectivity index (χ1) is 6.33. The van der Waals surface area contributed by atoms with Crippen LogP contribution in [0.25, 0.3) is 0 Å². The third-order valence-electron chi connectivity index (χ3n) is 2.89. The van der Waals surface area contributed by atoms with Crippen LogP contribution in [0.2, 0.25) is 0 Å². The van der Waals surface area contributed by atoms with Crippen LogP contribution in [0.15, 0.2) is 30.3 Å². The minimum Gasteiger partial charge on any atom is -0.329 e. The molecule has 1 aromatic rings. The van der Waals surface area contributed by atoms with E-state index >= 15 is 0 Å². The zero-order valence-electron chi connectivity index (χ0n) is 7.69. The second-order valence-corrected chi connectivity index (χ2v) is 3.82. The largest absolute Gasteiger partial charge is 0.329 e. The summed E-state index contributed by atoms with van der Waals surface area (Å²) in [5.41, 5.74) is 12.8. The van der Waals surface area contributed by atoms with E-state index in [9.17, 15) is 0 Å². The van der Waals surface area contributed by atoms with Crippen LogP contribution >= 0.6 is 0 Å². The summed E-state index contributed by atoms with van der Waals surface area (Å²) >= 11 is 0. The fourth-order valence-corrected chi connectivity index (χ4v) is 1.95. The molecule has 1 aliphatic rings. The van der Waals surface area contributed by atoms with Gasteiger partial charge in [0, 0.05) is 12.6 Å². The molecule has 3 atom stereocenters. The molecule has 0 spiro atoms. The Balaban J connectivity index is 2.00. The van der Waals surface area contributed by atoms with Crippen molar-refractivity contribution in [3.8, 4) is 0 Å². The summed E-state index contributed by atoms with van der Waals surface area (Å²) in [6.45, 7) is 0.605. The zero-order valence-corrected chi connectivity index (χ0v) is 7.69. The molecule has 1 fully saturated rings. The molecular weight excluding hydrogens is 160 g/mol. The topological polar surface area (TPSA) is 52.0 Å². The highest BCUT2D eigenvalue weighted by Crippen LogP contribution is 2.48. The van der Waals surface area contributed by atoms with Crippen LogP contribution in [0, 0.1) is 5.92 Å². The molecule has 2 heteroatoms. The van der Waals surface area contributed by atoms with E-state index < -0.39 is 0 Å². The molecule has 3 unspecified atom stereocenters. The Morgan fingerprint density at radius 3 is 2.62 bits per heavy atom. The van der Waals surface area contributed by atoms with Crippen molar-refractivity contribution in [3.63, 3.8) is 0 Å². The van der Waals surface area contributed by atoms with Gasteiger partial charge in [0.25, 0.3) is 0 Å². The average Bonchev–Trinajstić information content (AvgIpc) is 2.98. The lowest BCUT2D eigenvalue weighted by atomic mass is 10.1. The minimum atomic E-state index is 0.185.